The van der Waals surface area contributed by atoms with Crippen LogP contribution in [-0.2, 0) is 22.3 Å². The van der Waals surface area contributed by atoms with Crippen molar-refractivity contribution < 1.29 is 14.1 Å². The third-order valence-electron chi connectivity index (χ3n) is 6.09. The van der Waals surface area contributed by atoms with Crippen molar-refractivity contribution in [3.8, 4) is 0 Å². The molecule has 0 aliphatic carbocycles. The first-order valence-corrected chi connectivity index (χ1v) is 11.7. The molecule has 30 heavy (non-hydrogen) atoms. The van der Waals surface area contributed by atoms with E-state index in [1.54, 1.807) is 4.90 Å². The summed E-state index contributed by atoms with van der Waals surface area (Å²) in [5.74, 6) is 2.65. The van der Waals surface area contributed by atoms with E-state index in [4.69, 9.17) is 14.7 Å². The van der Waals surface area contributed by atoms with Crippen molar-refractivity contribution in [1.29, 1.82) is 0 Å². The van der Waals surface area contributed by atoms with Crippen molar-refractivity contribution in [2.24, 2.45) is 0 Å². The molecule has 2 atom stereocenters. The molecule has 3 aliphatic heterocycles. The fourth-order valence-corrected chi connectivity index (χ4v) is 5.72. The molecule has 2 aromatic rings. The van der Waals surface area contributed by atoms with E-state index in [0.717, 1.165) is 48.3 Å². The van der Waals surface area contributed by atoms with E-state index in [0.29, 0.717) is 24.8 Å². The second-order valence-corrected chi connectivity index (χ2v) is 9.57. The number of hydrogen-bond donors (Lipinski definition) is 2. The van der Waals surface area contributed by atoms with Crippen LogP contribution < -0.4 is 10.2 Å². The van der Waals surface area contributed by atoms with Crippen LogP contribution in [0.2, 0.25) is 0 Å². The monoisotopic (exact) mass is 428 g/mol. The van der Waals surface area contributed by atoms with E-state index in [9.17, 15) is 9.35 Å². The number of likely N-dealkylation sites (tertiary alicyclic amines) is 1. The zero-order valence-electron chi connectivity index (χ0n) is 17.0. The summed E-state index contributed by atoms with van der Waals surface area (Å²) in [5.41, 5.74) is 2.29. The van der Waals surface area contributed by atoms with Crippen LogP contribution >= 0.6 is 0 Å². The Morgan fingerprint density at radius 1 is 1.23 bits per heavy atom. The molecule has 2 fully saturated rings. The van der Waals surface area contributed by atoms with E-state index < -0.39 is 11.2 Å². The highest BCUT2D eigenvalue weighted by molar-refractivity contribution is 7.92. The van der Waals surface area contributed by atoms with Crippen LogP contribution in [0.1, 0.15) is 23.6 Å². The number of aryl methyl sites for hydroxylation is 1. The van der Waals surface area contributed by atoms with Gasteiger partial charge in [-0.25, -0.2) is 9.78 Å². The normalized spacial score (nSPS) is 23.3. The molecular formula is C21H26N5O3S+. The number of methoxy groups -OCH3 is 1. The number of carbonyl (C=O) groups is 1. The maximum absolute atomic E-state index is 11.8. The third kappa shape index (κ3) is 3.56. The standard InChI is InChI=1S/C21H26N5O3S/c1-29-21(27)25-9-7-16(13-25)22-19-18-17(8-10-30(18)28)23-20(24-19)26-11-15(12-26)14-5-3-2-4-6-14/h2-6,15-16,28H,7-13H2,1H3,(H,22,23,24)/q+1/t16-,30?/m0/s1. The molecule has 1 aromatic heterocycles. The molecule has 9 heteroatoms. The highest BCUT2D eigenvalue weighted by Gasteiger charge is 2.41. The van der Waals surface area contributed by atoms with Crippen molar-refractivity contribution in [3.63, 3.8) is 0 Å². The highest BCUT2D eigenvalue weighted by atomic mass is 32.2. The number of carbonyl (C=O) groups excluding carboxylic acids is 1. The predicted octanol–water partition coefficient (Wildman–Crippen LogP) is 2.34. The minimum atomic E-state index is -0.832. The van der Waals surface area contributed by atoms with Gasteiger partial charge in [0.15, 0.2) is 22.7 Å². The van der Waals surface area contributed by atoms with Crippen molar-refractivity contribution in [2.45, 2.75) is 29.7 Å². The summed E-state index contributed by atoms with van der Waals surface area (Å²) in [6.07, 6.45) is 1.29. The average Bonchev–Trinajstić information content (AvgIpc) is 3.34. The number of ether oxygens (including phenoxy) is 1. The second-order valence-electron chi connectivity index (χ2n) is 8.03. The molecule has 4 heterocycles. The molecular weight excluding hydrogens is 402 g/mol. The number of rotatable bonds is 4. The first-order valence-electron chi connectivity index (χ1n) is 10.3. The van der Waals surface area contributed by atoms with Gasteiger partial charge in [-0.2, -0.15) is 9.54 Å². The molecule has 3 aliphatic rings. The number of amides is 1. The van der Waals surface area contributed by atoms with Crippen molar-refractivity contribution in [1.82, 2.24) is 14.9 Å². The maximum Gasteiger partial charge on any atom is 0.409 e. The minimum absolute atomic E-state index is 0.0852. The molecule has 158 valence electrons. The van der Waals surface area contributed by atoms with Crippen LogP contribution in [0.25, 0.3) is 0 Å². The number of anilines is 2. The lowest BCUT2D eigenvalue weighted by Crippen LogP contribution is -2.46. The smallest absolute Gasteiger partial charge is 0.409 e. The van der Waals surface area contributed by atoms with Gasteiger partial charge < -0.3 is 19.9 Å². The van der Waals surface area contributed by atoms with E-state index in [-0.39, 0.29) is 12.1 Å². The second kappa shape index (κ2) is 7.96. The molecule has 5 rings (SSSR count). The van der Waals surface area contributed by atoms with Gasteiger partial charge in [0.05, 0.1) is 7.11 Å². The van der Waals surface area contributed by atoms with Crippen LogP contribution in [0.5, 0.6) is 0 Å². The zero-order chi connectivity index (χ0) is 20.7. The number of nitrogens with one attached hydrogen (secondary N) is 1. The van der Waals surface area contributed by atoms with Crippen LogP contribution in [0.4, 0.5) is 16.6 Å². The Hall–Kier alpha value is -2.52. The Kier molecular flexibility index (Phi) is 5.16. The fraction of sp³-hybridized carbons (Fsp3) is 0.476. The molecule has 2 saturated heterocycles. The van der Waals surface area contributed by atoms with Gasteiger partial charge in [-0.15, -0.1) is 0 Å². The van der Waals surface area contributed by atoms with E-state index >= 15 is 0 Å². The minimum Gasteiger partial charge on any atom is -0.453 e. The van der Waals surface area contributed by atoms with Crippen LogP contribution in [0.3, 0.4) is 0 Å². The summed E-state index contributed by atoms with van der Waals surface area (Å²) in [6.45, 7) is 3.01. The zero-order valence-corrected chi connectivity index (χ0v) is 17.8. The molecule has 0 radical (unpaired) electrons. The van der Waals surface area contributed by atoms with Gasteiger partial charge in [0.25, 0.3) is 4.90 Å². The van der Waals surface area contributed by atoms with E-state index in [2.05, 4.69) is 34.5 Å². The van der Waals surface area contributed by atoms with Gasteiger partial charge in [-0.05, 0) is 12.0 Å². The van der Waals surface area contributed by atoms with E-state index in [1.807, 2.05) is 6.07 Å². The maximum atomic E-state index is 11.8. The topological polar surface area (TPSA) is 90.8 Å². The summed E-state index contributed by atoms with van der Waals surface area (Å²) >= 11 is -0.832. The van der Waals surface area contributed by atoms with Gasteiger partial charge in [-0.3, -0.25) is 0 Å². The summed E-state index contributed by atoms with van der Waals surface area (Å²) in [4.78, 5) is 26.1. The van der Waals surface area contributed by atoms with Crippen molar-refractivity contribution >= 4 is 29.0 Å². The Bertz CT molecular complexity index is 938. The molecule has 8 nitrogen and oxygen atoms in total. The van der Waals surface area contributed by atoms with Gasteiger partial charge >= 0.3 is 6.09 Å². The fourth-order valence-electron chi connectivity index (χ4n) is 4.38. The van der Waals surface area contributed by atoms with E-state index in [1.165, 1.54) is 12.7 Å². The third-order valence-corrected chi connectivity index (χ3v) is 7.58. The molecule has 0 saturated carbocycles. The lowest BCUT2D eigenvalue weighted by Gasteiger charge is -2.39. The van der Waals surface area contributed by atoms with Crippen LogP contribution in [-0.4, -0.2) is 70.6 Å². The molecule has 2 N–H and O–H groups in total. The first kappa shape index (κ1) is 19.4. The van der Waals surface area contributed by atoms with Crippen LogP contribution in [0, 0.1) is 0 Å². The Morgan fingerprint density at radius 2 is 2.03 bits per heavy atom. The molecule has 1 aromatic carbocycles. The number of nitrogens with zero attached hydrogens (tertiary/aromatic N) is 4. The molecule has 1 amide bonds. The number of benzene rings is 1. The number of hydrogen-bond acceptors (Lipinski definition) is 7. The first-order chi connectivity index (χ1) is 14.6. The predicted molar refractivity (Wildman–Crippen MR) is 116 cm³/mol. The Labute approximate surface area is 178 Å². The Balaban J connectivity index is 1.33. The average molecular weight is 429 g/mol. The molecule has 1 unspecified atom stereocenters. The number of aromatic nitrogens is 2. The largest absolute Gasteiger partial charge is 0.453 e. The lowest BCUT2D eigenvalue weighted by molar-refractivity contribution is 0.132. The number of fused-ring (bicyclic) bond motifs is 1. The van der Waals surface area contributed by atoms with Crippen molar-refractivity contribution in [3.05, 3.63) is 41.6 Å². The lowest BCUT2D eigenvalue weighted by atomic mass is 9.92. The summed E-state index contributed by atoms with van der Waals surface area (Å²) < 4.78 is 15.3. The summed E-state index contributed by atoms with van der Waals surface area (Å²) in [5, 5.41) is 3.49. The molecule has 0 spiro atoms. The Morgan fingerprint density at radius 3 is 2.80 bits per heavy atom. The van der Waals surface area contributed by atoms with Gasteiger partial charge in [0.1, 0.15) is 5.69 Å². The van der Waals surface area contributed by atoms with Gasteiger partial charge in [0, 0.05) is 44.6 Å². The highest BCUT2D eigenvalue weighted by Crippen LogP contribution is 2.36. The van der Waals surface area contributed by atoms with Crippen LogP contribution in [0.15, 0.2) is 35.2 Å². The summed E-state index contributed by atoms with van der Waals surface area (Å²) in [6, 6.07) is 10.6. The van der Waals surface area contributed by atoms with Gasteiger partial charge in [-0.1, -0.05) is 30.3 Å². The molecule has 0 bridgehead atoms. The van der Waals surface area contributed by atoms with Crippen molar-refractivity contribution in [2.75, 3.05) is 49.3 Å². The quantitative estimate of drug-likeness (QED) is 0.723. The van der Waals surface area contributed by atoms with Gasteiger partial charge in [0.2, 0.25) is 5.95 Å². The summed E-state index contributed by atoms with van der Waals surface area (Å²) in [7, 11) is 1.40. The SMILES string of the molecule is COC(=O)N1CC[C@H](Nc2nc(N3CC(c4ccccc4)C3)nc3c2[S+](O)CC3)C1.